The summed E-state index contributed by atoms with van der Waals surface area (Å²) in [6.07, 6.45) is 2.01. The Morgan fingerprint density at radius 2 is 1.79 bits per heavy atom. The summed E-state index contributed by atoms with van der Waals surface area (Å²) in [6, 6.07) is 7.27. The highest BCUT2D eigenvalue weighted by atomic mass is 19.3. The van der Waals surface area contributed by atoms with Gasteiger partial charge in [-0.25, -0.2) is 13.8 Å². The summed E-state index contributed by atoms with van der Waals surface area (Å²) in [5.41, 5.74) is 1.98. The molecule has 1 saturated heterocycles. The van der Waals surface area contributed by atoms with Crippen molar-refractivity contribution in [3.63, 3.8) is 0 Å². The molecule has 3 heterocycles. The molecule has 1 aliphatic carbocycles. The zero-order chi connectivity index (χ0) is 27.9. The van der Waals surface area contributed by atoms with Gasteiger partial charge in [-0.05, 0) is 56.7 Å². The lowest BCUT2D eigenvalue weighted by Crippen LogP contribution is -2.41. The number of benzene rings is 1. The number of nitrogens with one attached hydrogen (secondary N) is 1. The lowest BCUT2D eigenvalue weighted by atomic mass is 9.86. The SMILES string of the molecule is Cc1cc(NC(=O)C2CCN(C(=O)c3ccc4c(c3)nc(C(C)(C)C)n4CC3CCC(F)(F)CC3)CC2)no1. The Kier molecular flexibility index (Phi) is 7.24. The predicted molar refractivity (Wildman–Crippen MR) is 144 cm³/mol. The first-order chi connectivity index (χ1) is 18.4. The summed E-state index contributed by atoms with van der Waals surface area (Å²) < 4.78 is 34.6. The van der Waals surface area contributed by atoms with Gasteiger partial charge >= 0.3 is 0 Å². The number of nitrogens with zero attached hydrogens (tertiary/aromatic N) is 4. The van der Waals surface area contributed by atoms with Gasteiger partial charge in [-0.15, -0.1) is 0 Å². The van der Waals surface area contributed by atoms with E-state index in [0.717, 1.165) is 16.9 Å². The molecule has 0 spiro atoms. The average molecular weight is 542 g/mol. The number of likely N-dealkylation sites (tertiary alicyclic amines) is 1. The molecule has 2 amide bonds. The lowest BCUT2D eigenvalue weighted by molar-refractivity contribution is -0.121. The maximum atomic E-state index is 13.7. The molecule has 1 N–H and O–H groups in total. The van der Waals surface area contributed by atoms with Crippen LogP contribution in [-0.2, 0) is 16.8 Å². The normalized spacial score (nSPS) is 19.0. The standard InChI is InChI=1S/C29H37F2N5O3/c1-18-15-24(34-39-18)33-25(37)20-9-13-35(14-10-20)26(38)21-5-6-23-22(16-21)32-27(28(2,3)4)36(23)17-19-7-11-29(30,31)12-8-19/h5-6,15-16,19-20H,7-14,17H2,1-4H3,(H,33,34,37). The van der Waals surface area contributed by atoms with Crippen LogP contribution in [0.2, 0.25) is 0 Å². The Morgan fingerprint density at radius 1 is 1.10 bits per heavy atom. The number of hydrogen-bond donors (Lipinski definition) is 1. The van der Waals surface area contributed by atoms with Crippen LogP contribution in [0.1, 0.15) is 81.2 Å². The third-order valence-electron chi connectivity index (χ3n) is 7.98. The fourth-order valence-corrected chi connectivity index (χ4v) is 5.74. The van der Waals surface area contributed by atoms with Crippen LogP contribution in [-0.4, -0.2) is 50.4 Å². The van der Waals surface area contributed by atoms with Gasteiger partial charge in [-0.2, -0.15) is 0 Å². The number of carbonyl (C=O) groups excluding carboxylic acids is 2. The monoisotopic (exact) mass is 541 g/mol. The molecule has 1 saturated carbocycles. The smallest absolute Gasteiger partial charge is 0.253 e. The first kappa shape index (κ1) is 27.3. The summed E-state index contributed by atoms with van der Waals surface area (Å²) in [5, 5.41) is 6.60. The number of aryl methyl sites for hydroxylation is 1. The summed E-state index contributed by atoms with van der Waals surface area (Å²) in [7, 11) is 0. The van der Waals surface area contributed by atoms with E-state index in [1.165, 1.54) is 0 Å². The van der Waals surface area contributed by atoms with Crippen molar-refractivity contribution in [1.29, 1.82) is 0 Å². The summed E-state index contributed by atoms with van der Waals surface area (Å²) in [5.74, 6) is -0.837. The van der Waals surface area contributed by atoms with Crippen molar-refractivity contribution >= 4 is 28.7 Å². The van der Waals surface area contributed by atoms with Gasteiger partial charge in [-0.3, -0.25) is 9.59 Å². The van der Waals surface area contributed by atoms with E-state index in [-0.39, 0.29) is 41.9 Å². The van der Waals surface area contributed by atoms with Gasteiger partial charge in [-0.1, -0.05) is 25.9 Å². The molecule has 2 aromatic heterocycles. The van der Waals surface area contributed by atoms with Crippen molar-refractivity contribution < 1.29 is 22.9 Å². The zero-order valence-corrected chi connectivity index (χ0v) is 23.1. The van der Waals surface area contributed by atoms with Crippen molar-refractivity contribution in [2.75, 3.05) is 18.4 Å². The Hall–Kier alpha value is -3.30. The third kappa shape index (κ3) is 5.99. The van der Waals surface area contributed by atoms with E-state index in [1.54, 1.807) is 17.9 Å². The molecule has 2 aliphatic rings. The van der Waals surface area contributed by atoms with Gasteiger partial charge in [0.1, 0.15) is 11.6 Å². The van der Waals surface area contributed by atoms with Crippen molar-refractivity contribution in [2.24, 2.45) is 11.8 Å². The van der Waals surface area contributed by atoms with Crippen molar-refractivity contribution in [3.05, 3.63) is 41.4 Å². The molecule has 0 atom stereocenters. The van der Waals surface area contributed by atoms with Gasteiger partial charge in [0.05, 0.1) is 11.0 Å². The maximum Gasteiger partial charge on any atom is 0.253 e. The molecule has 210 valence electrons. The molecule has 5 rings (SSSR count). The number of amides is 2. The number of aromatic nitrogens is 3. The number of halogens is 2. The Bertz CT molecular complexity index is 1350. The Balaban J connectivity index is 1.28. The quantitative estimate of drug-likeness (QED) is 0.431. The molecular weight excluding hydrogens is 504 g/mol. The fourth-order valence-electron chi connectivity index (χ4n) is 5.74. The van der Waals surface area contributed by atoms with Crippen LogP contribution in [0, 0.1) is 18.8 Å². The Labute approximate surface area is 227 Å². The van der Waals surface area contributed by atoms with Crippen LogP contribution in [0.4, 0.5) is 14.6 Å². The second-order valence-electron chi connectivity index (χ2n) is 12.2. The Morgan fingerprint density at radius 3 is 2.41 bits per heavy atom. The number of hydrogen-bond acceptors (Lipinski definition) is 5. The molecule has 1 aliphatic heterocycles. The van der Waals surface area contributed by atoms with Gasteiger partial charge in [0.25, 0.3) is 5.91 Å². The molecule has 0 unspecified atom stereocenters. The minimum atomic E-state index is -2.55. The molecule has 1 aromatic carbocycles. The molecule has 8 nitrogen and oxygen atoms in total. The van der Waals surface area contributed by atoms with Crippen LogP contribution in [0.3, 0.4) is 0 Å². The van der Waals surface area contributed by atoms with E-state index in [9.17, 15) is 18.4 Å². The highest BCUT2D eigenvalue weighted by molar-refractivity contribution is 5.98. The van der Waals surface area contributed by atoms with Crippen LogP contribution >= 0.6 is 0 Å². The van der Waals surface area contributed by atoms with Crippen LogP contribution in [0.25, 0.3) is 11.0 Å². The fraction of sp³-hybridized carbons (Fsp3) is 0.586. The highest BCUT2D eigenvalue weighted by Crippen LogP contribution is 2.38. The van der Waals surface area contributed by atoms with E-state index in [4.69, 9.17) is 9.51 Å². The number of piperidine rings is 1. The summed E-state index contributed by atoms with van der Waals surface area (Å²) in [4.78, 5) is 32.7. The molecule has 3 aromatic rings. The van der Waals surface area contributed by atoms with E-state index in [1.807, 2.05) is 18.2 Å². The molecule has 39 heavy (non-hydrogen) atoms. The van der Waals surface area contributed by atoms with Crippen LogP contribution in [0.15, 0.2) is 28.8 Å². The summed E-state index contributed by atoms with van der Waals surface area (Å²) in [6.45, 7) is 9.66. The number of anilines is 1. The van der Waals surface area contributed by atoms with Gasteiger partial charge in [0.2, 0.25) is 11.8 Å². The predicted octanol–water partition coefficient (Wildman–Crippen LogP) is 5.95. The third-order valence-corrected chi connectivity index (χ3v) is 7.98. The number of imidazole rings is 1. The van der Waals surface area contributed by atoms with E-state index in [0.29, 0.717) is 62.5 Å². The number of fused-ring (bicyclic) bond motifs is 1. The minimum absolute atomic E-state index is 0.0635. The molecule has 0 radical (unpaired) electrons. The molecule has 10 heteroatoms. The first-order valence-corrected chi connectivity index (χ1v) is 13.8. The van der Waals surface area contributed by atoms with E-state index < -0.39 is 5.92 Å². The zero-order valence-electron chi connectivity index (χ0n) is 23.1. The van der Waals surface area contributed by atoms with Gasteiger partial charge < -0.3 is 19.3 Å². The number of alkyl halides is 2. The maximum absolute atomic E-state index is 13.7. The molecule has 2 fully saturated rings. The van der Waals surface area contributed by atoms with Gasteiger partial charge in [0.15, 0.2) is 5.82 Å². The minimum Gasteiger partial charge on any atom is -0.360 e. The van der Waals surface area contributed by atoms with E-state index in [2.05, 4.69) is 35.8 Å². The lowest BCUT2D eigenvalue weighted by Gasteiger charge is -2.31. The topological polar surface area (TPSA) is 93.3 Å². The first-order valence-electron chi connectivity index (χ1n) is 13.8. The highest BCUT2D eigenvalue weighted by Gasteiger charge is 2.36. The van der Waals surface area contributed by atoms with Crippen molar-refractivity contribution in [2.45, 2.75) is 84.1 Å². The van der Waals surface area contributed by atoms with Gasteiger partial charge in [0, 0.05) is 55.4 Å². The summed E-state index contributed by atoms with van der Waals surface area (Å²) >= 11 is 0. The van der Waals surface area contributed by atoms with Crippen LogP contribution in [0.5, 0.6) is 0 Å². The van der Waals surface area contributed by atoms with Crippen molar-refractivity contribution in [3.8, 4) is 0 Å². The second-order valence-corrected chi connectivity index (χ2v) is 12.2. The number of carbonyl (C=O) groups is 2. The van der Waals surface area contributed by atoms with Crippen molar-refractivity contribution in [1.82, 2.24) is 19.6 Å². The second kappa shape index (κ2) is 10.4. The van der Waals surface area contributed by atoms with Crippen LogP contribution < -0.4 is 5.32 Å². The number of rotatable bonds is 5. The van der Waals surface area contributed by atoms with E-state index >= 15 is 0 Å². The average Bonchev–Trinajstić information content (AvgIpc) is 3.47. The largest absolute Gasteiger partial charge is 0.360 e. The molecular formula is C29H37F2N5O3. The molecule has 0 bridgehead atoms.